The highest BCUT2D eigenvalue weighted by molar-refractivity contribution is 9.11. The van der Waals surface area contributed by atoms with Gasteiger partial charge in [-0.2, -0.15) is 0 Å². The molecule has 2 nitrogen and oxygen atoms in total. The molecule has 0 amide bonds. The van der Waals surface area contributed by atoms with Crippen LogP contribution in [0.2, 0.25) is 0 Å². The number of nitrogens with zero attached hydrogens (tertiary/aromatic N) is 1. The van der Waals surface area contributed by atoms with Crippen molar-refractivity contribution in [2.24, 2.45) is 0 Å². The van der Waals surface area contributed by atoms with Crippen LogP contribution in [-0.2, 0) is 0 Å². The molecule has 2 rings (SSSR count). The molecule has 1 saturated carbocycles. The van der Waals surface area contributed by atoms with Gasteiger partial charge < -0.3 is 5.32 Å². The zero-order chi connectivity index (χ0) is 9.26. The molecule has 4 heteroatoms. The molecule has 0 saturated heterocycles. The van der Waals surface area contributed by atoms with Crippen molar-refractivity contribution in [3.05, 3.63) is 9.48 Å². The molecular formula is C9H13BrN2S. The van der Waals surface area contributed by atoms with Crippen molar-refractivity contribution in [1.29, 1.82) is 0 Å². The SMILES string of the molecule is CNc1nc(C2CCCC2)c(Br)s1. The van der Waals surface area contributed by atoms with E-state index < -0.39 is 0 Å². The average Bonchev–Trinajstić information content (AvgIpc) is 2.72. The Balaban J connectivity index is 2.22. The third-order valence-corrected chi connectivity index (χ3v) is 4.33. The fourth-order valence-corrected chi connectivity index (χ4v) is 3.48. The summed E-state index contributed by atoms with van der Waals surface area (Å²) in [4.78, 5) is 4.57. The zero-order valence-electron chi connectivity index (χ0n) is 7.64. The number of anilines is 1. The van der Waals surface area contributed by atoms with E-state index in [1.54, 1.807) is 11.3 Å². The van der Waals surface area contributed by atoms with Crippen LogP contribution in [0.5, 0.6) is 0 Å². The maximum atomic E-state index is 4.57. The molecule has 0 unspecified atom stereocenters. The van der Waals surface area contributed by atoms with Crippen molar-refractivity contribution in [2.45, 2.75) is 31.6 Å². The molecule has 1 aromatic rings. The predicted molar refractivity (Wildman–Crippen MR) is 60.6 cm³/mol. The summed E-state index contributed by atoms with van der Waals surface area (Å²) >= 11 is 5.28. The summed E-state index contributed by atoms with van der Waals surface area (Å²) < 4.78 is 1.21. The fourth-order valence-electron chi connectivity index (χ4n) is 1.87. The number of thiazole rings is 1. The van der Waals surface area contributed by atoms with Crippen LogP contribution in [0.25, 0.3) is 0 Å². The average molecular weight is 261 g/mol. The van der Waals surface area contributed by atoms with Crippen molar-refractivity contribution in [2.75, 3.05) is 12.4 Å². The van der Waals surface area contributed by atoms with E-state index in [1.807, 2.05) is 7.05 Å². The van der Waals surface area contributed by atoms with Gasteiger partial charge in [-0.1, -0.05) is 24.2 Å². The van der Waals surface area contributed by atoms with Gasteiger partial charge >= 0.3 is 0 Å². The van der Waals surface area contributed by atoms with E-state index in [0.29, 0.717) is 5.92 Å². The fraction of sp³-hybridized carbons (Fsp3) is 0.667. The van der Waals surface area contributed by atoms with Crippen LogP contribution in [0, 0.1) is 0 Å². The topological polar surface area (TPSA) is 24.9 Å². The molecule has 1 aliphatic carbocycles. The summed E-state index contributed by atoms with van der Waals surface area (Å²) in [5.74, 6) is 0.702. The van der Waals surface area contributed by atoms with Gasteiger partial charge in [-0.05, 0) is 28.8 Å². The molecule has 1 N–H and O–H groups in total. The van der Waals surface area contributed by atoms with Crippen LogP contribution < -0.4 is 5.32 Å². The number of rotatable bonds is 2. The molecule has 0 aliphatic heterocycles. The maximum absolute atomic E-state index is 4.57. The predicted octanol–water partition coefficient (Wildman–Crippen LogP) is 3.60. The Labute approximate surface area is 90.9 Å². The van der Waals surface area contributed by atoms with E-state index in [4.69, 9.17) is 0 Å². The number of hydrogen-bond acceptors (Lipinski definition) is 3. The van der Waals surface area contributed by atoms with Crippen LogP contribution in [0.4, 0.5) is 5.13 Å². The van der Waals surface area contributed by atoms with E-state index in [-0.39, 0.29) is 0 Å². The molecule has 1 fully saturated rings. The molecule has 1 heterocycles. The second kappa shape index (κ2) is 3.96. The molecular weight excluding hydrogens is 248 g/mol. The van der Waals surface area contributed by atoms with Crippen LogP contribution in [-0.4, -0.2) is 12.0 Å². The van der Waals surface area contributed by atoms with E-state index in [0.717, 1.165) is 5.13 Å². The Morgan fingerprint density at radius 2 is 2.15 bits per heavy atom. The lowest BCUT2D eigenvalue weighted by atomic mass is 10.1. The van der Waals surface area contributed by atoms with E-state index >= 15 is 0 Å². The summed E-state index contributed by atoms with van der Waals surface area (Å²) in [6.07, 6.45) is 5.35. The number of halogens is 1. The van der Waals surface area contributed by atoms with Crippen molar-refractivity contribution in [3.8, 4) is 0 Å². The maximum Gasteiger partial charge on any atom is 0.183 e. The van der Waals surface area contributed by atoms with Gasteiger partial charge in [-0.25, -0.2) is 4.98 Å². The minimum absolute atomic E-state index is 0.702. The van der Waals surface area contributed by atoms with Gasteiger partial charge in [-0.15, -0.1) is 0 Å². The number of hydrogen-bond donors (Lipinski definition) is 1. The molecule has 1 aromatic heterocycles. The first-order valence-corrected chi connectivity index (χ1v) is 6.26. The van der Waals surface area contributed by atoms with Gasteiger partial charge in [0, 0.05) is 13.0 Å². The molecule has 72 valence electrons. The second-order valence-electron chi connectivity index (χ2n) is 3.41. The molecule has 0 spiro atoms. The molecule has 0 atom stereocenters. The number of aromatic nitrogens is 1. The Hall–Kier alpha value is -0.0900. The van der Waals surface area contributed by atoms with Gasteiger partial charge in [0.1, 0.15) is 0 Å². The lowest BCUT2D eigenvalue weighted by Gasteiger charge is -2.04. The molecule has 1 aliphatic rings. The van der Waals surface area contributed by atoms with Gasteiger partial charge in [0.25, 0.3) is 0 Å². The lowest BCUT2D eigenvalue weighted by molar-refractivity contribution is 0.700. The molecule has 0 radical (unpaired) electrons. The largest absolute Gasteiger partial charge is 0.365 e. The monoisotopic (exact) mass is 260 g/mol. The highest BCUT2D eigenvalue weighted by Crippen LogP contribution is 2.40. The first-order chi connectivity index (χ1) is 6.31. The minimum Gasteiger partial charge on any atom is -0.365 e. The first kappa shape index (κ1) is 9.46. The Kier molecular flexibility index (Phi) is 2.89. The van der Waals surface area contributed by atoms with E-state index in [1.165, 1.54) is 35.2 Å². The Morgan fingerprint density at radius 1 is 1.46 bits per heavy atom. The summed E-state index contributed by atoms with van der Waals surface area (Å²) in [6, 6.07) is 0. The van der Waals surface area contributed by atoms with Crippen LogP contribution in [0.3, 0.4) is 0 Å². The highest BCUT2D eigenvalue weighted by atomic mass is 79.9. The normalized spacial score (nSPS) is 18.0. The van der Waals surface area contributed by atoms with Crippen LogP contribution >= 0.6 is 27.3 Å². The molecule has 13 heavy (non-hydrogen) atoms. The van der Waals surface area contributed by atoms with Crippen LogP contribution in [0.15, 0.2) is 3.79 Å². The van der Waals surface area contributed by atoms with Gasteiger partial charge in [0.15, 0.2) is 5.13 Å². The lowest BCUT2D eigenvalue weighted by Crippen LogP contribution is -1.94. The zero-order valence-corrected chi connectivity index (χ0v) is 10.0. The molecule has 0 aromatic carbocycles. The number of nitrogens with one attached hydrogen (secondary N) is 1. The first-order valence-electron chi connectivity index (χ1n) is 4.65. The summed E-state index contributed by atoms with van der Waals surface area (Å²) in [5, 5.41) is 4.11. The van der Waals surface area contributed by atoms with Crippen molar-refractivity contribution < 1.29 is 0 Å². The third kappa shape index (κ3) is 1.89. The van der Waals surface area contributed by atoms with Gasteiger partial charge in [-0.3, -0.25) is 0 Å². The van der Waals surface area contributed by atoms with Crippen molar-refractivity contribution in [1.82, 2.24) is 4.98 Å². The highest BCUT2D eigenvalue weighted by Gasteiger charge is 2.22. The van der Waals surface area contributed by atoms with Gasteiger partial charge in [0.05, 0.1) is 9.48 Å². The second-order valence-corrected chi connectivity index (χ2v) is 5.73. The third-order valence-electron chi connectivity index (χ3n) is 2.57. The smallest absolute Gasteiger partial charge is 0.183 e. The van der Waals surface area contributed by atoms with Gasteiger partial charge in [0.2, 0.25) is 0 Å². The summed E-state index contributed by atoms with van der Waals surface area (Å²) in [7, 11) is 1.92. The Morgan fingerprint density at radius 3 is 2.69 bits per heavy atom. The summed E-state index contributed by atoms with van der Waals surface area (Å²) in [5.41, 5.74) is 1.27. The molecule has 0 bridgehead atoms. The van der Waals surface area contributed by atoms with E-state index in [2.05, 4.69) is 26.2 Å². The van der Waals surface area contributed by atoms with Crippen molar-refractivity contribution in [3.63, 3.8) is 0 Å². The standard InChI is InChI=1S/C9H13BrN2S/c1-11-9-12-7(8(10)13-9)6-4-2-3-5-6/h6H,2-5H2,1H3,(H,11,12). The quantitative estimate of drug-likeness (QED) is 0.879. The van der Waals surface area contributed by atoms with Crippen molar-refractivity contribution >= 4 is 32.4 Å². The summed E-state index contributed by atoms with van der Waals surface area (Å²) in [6.45, 7) is 0. The minimum atomic E-state index is 0.702. The Bertz CT molecular complexity index is 292. The van der Waals surface area contributed by atoms with E-state index in [9.17, 15) is 0 Å². The van der Waals surface area contributed by atoms with Crippen LogP contribution in [0.1, 0.15) is 37.3 Å².